The van der Waals surface area contributed by atoms with Crippen molar-refractivity contribution >= 4 is 5.97 Å². The zero-order valence-electron chi connectivity index (χ0n) is 13.2. The summed E-state index contributed by atoms with van der Waals surface area (Å²) in [6.07, 6.45) is 0.932. The average Bonchev–Trinajstić information content (AvgIpc) is 2.59. The molecule has 2 aromatic carbocycles. The number of phenolic OH excluding ortho intramolecular Hbond substituents is 1. The molecular weight excluding hydrogens is 296 g/mol. The van der Waals surface area contributed by atoms with Crippen molar-refractivity contribution < 1.29 is 24.1 Å². The molecule has 0 saturated heterocycles. The van der Waals surface area contributed by atoms with Crippen LogP contribution in [0.5, 0.6) is 17.2 Å². The average molecular weight is 316 g/mol. The molecule has 5 nitrogen and oxygen atoms in total. The summed E-state index contributed by atoms with van der Waals surface area (Å²) in [6, 6.07) is 12.4. The first kappa shape index (κ1) is 16.7. The Bertz CT molecular complexity index is 666. The van der Waals surface area contributed by atoms with E-state index >= 15 is 0 Å². The maximum atomic E-state index is 12.0. The number of rotatable bonds is 7. The number of carbonyl (C=O) groups excluding carboxylic acids is 1. The first-order chi connectivity index (χ1) is 11.2. The minimum atomic E-state index is -0.618. The summed E-state index contributed by atoms with van der Waals surface area (Å²) in [6.45, 7) is 2.40. The van der Waals surface area contributed by atoms with E-state index in [1.54, 1.807) is 12.1 Å². The normalized spacial score (nSPS) is 10.2. The van der Waals surface area contributed by atoms with Gasteiger partial charge in [-0.25, -0.2) is 4.79 Å². The van der Waals surface area contributed by atoms with Crippen molar-refractivity contribution in [2.24, 2.45) is 0 Å². The van der Waals surface area contributed by atoms with Crippen molar-refractivity contribution in [2.75, 3.05) is 20.3 Å². The van der Waals surface area contributed by atoms with Gasteiger partial charge in [0.2, 0.25) is 0 Å². The number of hydrogen-bond acceptors (Lipinski definition) is 5. The van der Waals surface area contributed by atoms with Crippen LogP contribution in [-0.4, -0.2) is 31.4 Å². The van der Waals surface area contributed by atoms with Gasteiger partial charge in [-0.15, -0.1) is 0 Å². The Morgan fingerprint density at radius 1 is 1.13 bits per heavy atom. The second-order valence-corrected chi connectivity index (χ2v) is 4.84. The van der Waals surface area contributed by atoms with Crippen molar-refractivity contribution in [2.45, 2.75) is 13.3 Å². The molecule has 0 heterocycles. The van der Waals surface area contributed by atoms with Crippen molar-refractivity contribution in [1.82, 2.24) is 0 Å². The number of carbonyl (C=O) groups is 1. The van der Waals surface area contributed by atoms with Crippen LogP contribution in [0.15, 0.2) is 42.5 Å². The van der Waals surface area contributed by atoms with E-state index in [2.05, 4.69) is 6.92 Å². The number of para-hydroxylation sites is 1. The SMILES string of the molecule is CCc1cccc(OCCOC(=O)c2cccc(OC)c2O)c1. The first-order valence-corrected chi connectivity index (χ1v) is 7.40. The zero-order chi connectivity index (χ0) is 16.7. The molecule has 2 rings (SSSR count). The van der Waals surface area contributed by atoms with Crippen LogP contribution in [0.25, 0.3) is 0 Å². The van der Waals surface area contributed by atoms with Crippen LogP contribution in [0.3, 0.4) is 0 Å². The highest BCUT2D eigenvalue weighted by Crippen LogP contribution is 2.29. The highest BCUT2D eigenvalue weighted by atomic mass is 16.6. The smallest absolute Gasteiger partial charge is 0.342 e. The van der Waals surface area contributed by atoms with Gasteiger partial charge in [0.15, 0.2) is 11.5 Å². The first-order valence-electron chi connectivity index (χ1n) is 7.40. The lowest BCUT2D eigenvalue weighted by molar-refractivity contribution is 0.0446. The highest BCUT2D eigenvalue weighted by Gasteiger charge is 2.15. The monoisotopic (exact) mass is 316 g/mol. The quantitative estimate of drug-likeness (QED) is 0.628. The van der Waals surface area contributed by atoms with E-state index in [9.17, 15) is 9.90 Å². The van der Waals surface area contributed by atoms with Gasteiger partial charge < -0.3 is 19.3 Å². The lowest BCUT2D eigenvalue weighted by Gasteiger charge is -2.10. The summed E-state index contributed by atoms with van der Waals surface area (Å²) >= 11 is 0. The topological polar surface area (TPSA) is 65.0 Å². The molecule has 0 aromatic heterocycles. The third kappa shape index (κ3) is 4.39. The molecule has 0 aliphatic carbocycles. The van der Waals surface area contributed by atoms with Gasteiger partial charge in [0.1, 0.15) is 24.5 Å². The molecule has 0 spiro atoms. The van der Waals surface area contributed by atoms with E-state index in [-0.39, 0.29) is 30.3 Å². The molecule has 0 unspecified atom stereocenters. The summed E-state index contributed by atoms with van der Waals surface area (Å²) < 4.78 is 15.6. The molecule has 0 bridgehead atoms. The number of ether oxygens (including phenoxy) is 3. The van der Waals surface area contributed by atoms with Crippen molar-refractivity contribution in [1.29, 1.82) is 0 Å². The molecule has 0 atom stereocenters. The van der Waals surface area contributed by atoms with Crippen molar-refractivity contribution in [3.63, 3.8) is 0 Å². The Hall–Kier alpha value is -2.69. The van der Waals surface area contributed by atoms with Crippen molar-refractivity contribution in [3.8, 4) is 17.2 Å². The number of aryl methyl sites for hydroxylation is 1. The van der Waals surface area contributed by atoms with E-state index < -0.39 is 5.97 Å². The Morgan fingerprint density at radius 3 is 2.65 bits per heavy atom. The van der Waals surface area contributed by atoms with E-state index in [0.717, 1.165) is 12.2 Å². The minimum absolute atomic E-state index is 0.0670. The maximum Gasteiger partial charge on any atom is 0.342 e. The van der Waals surface area contributed by atoms with E-state index in [1.165, 1.54) is 18.7 Å². The predicted octanol–water partition coefficient (Wildman–Crippen LogP) is 3.20. The number of aromatic hydroxyl groups is 1. The molecule has 1 N–H and O–H groups in total. The van der Waals surface area contributed by atoms with E-state index in [0.29, 0.717) is 0 Å². The largest absolute Gasteiger partial charge is 0.504 e. The second kappa shape index (κ2) is 8.08. The van der Waals surface area contributed by atoms with Crippen LogP contribution in [0, 0.1) is 0 Å². The Morgan fingerprint density at radius 2 is 1.91 bits per heavy atom. The van der Waals surface area contributed by atoms with Gasteiger partial charge in [-0.2, -0.15) is 0 Å². The van der Waals surface area contributed by atoms with Gasteiger partial charge in [-0.1, -0.05) is 25.1 Å². The van der Waals surface area contributed by atoms with Gasteiger partial charge in [-0.05, 0) is 36.2 Å². The number of benzene rings is 2. The maximum absolute atomic E-state index is 12.0. The van der Waals surface area contributed by atoms with Gasteiger partial charge >= 0.3 is 5.97 Å². The van der Waals surface area contributed by atoms with Crippen LogP contribution in [0.1, 0.15) is 22.8 Å². The summed E-state index contributed by atoms with van der Waals surface area (Å²) in [5.41, 5.74) is 1.25. The van der Waals surface area contributed by atoms with Crippen molar-refractivity contribution in [3.05, 3.63) is 53.6 Å². The third-order valence-electron chi connectivity index (χ3n) is 3.33. The molecule has 0 radical (unpaired) electrons. The third-order valence-corrected chi connectivity index (χ3v) is 3.33. The van der Waals surface area contributed by atoms with Crippen LogP contribution >= 0.6 is 0 Å². The number of phenols is 1. The molecule has 2 aromatic rings. The summed E-state index contributed by atoms with van der Waals surface area (Å²) in [4.78, 5) is 12.0. The molecule has 0 saturated carbocycles. The molecule has 23 heavy (non-hydrogen) atoms. The summed E-state index contributed by atoms with van der Waals surface area (Å²) in [5.74, 6) is 0.126. The zero-order valence-corrected chi connectivity index (χ0v) is 13.2. The highest BCUT2D eigenvalue weighted by molar-refractivity contribution is 5.93. The lowest BCUT2D eigenvalue weighted by atomic mass is 10.2. The van der Waals surface area contributed by atoms with E-state index in [4.69, 9.17) is 14.2 Å². The van der Waals surface area contributed by atoms with E-state index in [1.807, 2.05) is 24.3 Å². The van der Waals surface area contributed by atoms with Gasteiger partial charge in [0.05, 0.1) is 7.11 Å². The van der Waals surface area contributed by atoms with Crippen LogP contribution in [-0.2, 0) is 11.2 Å². The second-order valence-electron chi connectivity index (χ2n) is 4.84. The molecule has 122 valence electrons. The van der Waals surface area contributed by atoms with Crippen LogP contribution in [0.4, 0.5) is 0 Å². The molecule has 5 heteroatoms. The molecule has 0 aliphatic rings. The molecule has 0 amide bonds. The Balaban J connectivity index is 1.85. The molecule has 0 fully saturated rings. The lowest BCUT2D eigenvalue weighted by Crippen LogP contribution is -2.12. The fraction of sp³-hybridized carbons (Fsp3) is 0.278. The van der Waals surface area contributed by atoms with Gasteiger partial charge in [-0.3, -0.25) is 0 Å². The fourth-order valence-corrected chi connectivity index (χ4v) is 2.08. The fourth-order valence-electron chi connectivity index (χ4n) is 2.08. The molecule has 0 aliphatic heterocycles. The van der Waals surface area contributed by atoms with Gasteiger partial charge in [0, 0.05) is 0 Å². The minimum Gasteiger partial charge on any atom is -0.504 e. The predicted molar refractivity (Wildman–Crippen MR) is 86.3 cm³/mol. The number of methoxy groups -OCH3 is 1. The number of esters is 1. The molecular formula is C18H20O5. The standard InChI is InChI=1S/C18H20O5/c1-3-13-6-4-7-14(12-13)22-10-11-23-18(20)15-8-5-9-16(21-2)17(15)19/h4-9,12,19H,3,10-11H2,1-2H3. The van der Waals surface area contributed by atoms with Crippen LogP contribution in [0.2, 0.25) is 0 Å². The van der Waals surface area contributed by atoms with Crippen LogP contribution < -0.4 is 9.47 Å². The summed E-state index contributed by atoms with van der Waals surface area (Å²) in [7, 11) is 1.42. The Labute approximate surface area is 135 Å². The Kier molecular flexibility index (Phi) is 5.86. The number of hydrogen-bond donors (Lipinski definition) is 1. The van der Waals surface area contributed by atoms with Gasteiger partial charge in [0.25, 0.3) is 0 Å². The summed E-state index contributed by atoms with van der Waals surface area (Å²) in [5, 5.41) is 9.89.